The molecule has 0 saturated carbocycles. The van der Waals surface area contributed by atoms with E-state index in [1.54, 1.807) is 18.3 Å². The lowest BCUT2D eigenvalue weighted by Gasteiger charge is -2.22. The van der Waals surface area contributed by atoms with Crippen LogP contribution in [0.4, 0.5) is 0 Å². The van der Waals surface area contributed by atoms with Gasteiger partial charge in [0.25, 0.3) is 5.91 Å². The number of aromatic nitrogens is 1. The molecule has 1 atom stereocenters. The number of thiazole rings is 1. The normalized spacial score (nSPS) is 18.0. The summed E-state index contributed by atoms with van der Waals surface area (Å²) in [6.45, 7) is 4.09. The zero-order valence-electron chi connectivity index (χ0n) is 17.1. The molecule has 9 heteroatoms. The van der Waals surface area contributed by atoms with E-state index in [4.69, 9.17) is 9.40 Å². The first-order chi connectivity index (χ1) is 13.6. The van der Waals surface area contributed by atoms with E-state index in [0.29, 0.717) is 24.3 Å². The molecule has 2 aliphatic rings. The first kappa shape index (κ1) is 24.9. The highest BCUT2D eigenvalue weighted by Crippen LogP contribution is 2.27. The number of nitrogens with zero attached hydrogens (tertiary/aromatic N) is 1. The third-order valence-electron chi connectivity index (χ3n) is 5.61. The number of carbonyl (C=O) groups is 1. The van der Waals surface area contributed by atoms with E-state index in [1.807, 2.05) is 6.07 Å². The van der Waals surface area contributed by atoms with Crippen molar-refractivity contribution in [3.63, 3.8) is 0 Å². The SMILES string of the molecule is Cc1cc(C2CCCNC2)oc(=O)c1C(=O)NCCc1nc2c(s1)CCCC2.Cl.Cl. The Kier molecular flexibility index (Phi) is 9.34. The van der Waals surface area contributed by atoms with Crippen LogP contribution in [0.1, 0.15) is 68.9 Å². The monoisotopic (exact) mass is 473 g/mol. The summed E-state index contributed by atoms with van der Waals surface area (Å²) in [7, 11) is 0. The van der Waals surface area contributed by atoms with Crippen LogP contribution >= 0.6 is 36.2 Å². The second-order valence-corrected chi connectivity index (χ2v) is 8.90. The number of amides is 1. The minimum atomic E-state index is -0.539. The van der Waals surface area contributed by atoms with Crippen LogP contribution in [0.2, 0.25) is 0 Å². The maximum absolute atomic E-state index is 12.6. The minimum Gasteiger partial charge on any atom is -0.427 e. The Bertz CT molecular complexity index is 899. The third kappa shape index (κ3) is 5.63. The van der Waals surface area contributed by atoms with Gasteiger partial charge in [0.1, 0.15) is 11.3 Å². The highest BCUT2D eigenvalue weighted by atomic mass is 35.5. The Morgan fingerprint density at radius 1 is 1.30 bits per heavy atom. The van der Waals surface area contributed by atoms with Gasteiger partial charge in [-0.2, -0.15) is 0 Å². The molecule has 1 saturated heterocycles. The molecule has 166 valence electrons. The highest BCUT2D eigenvalue weighted by Gasteiger charge is 2.22. The van der Waals surface area contributed by atoms with Gasteiger partial charge in [-0.1, -0.05) is 0 Å². The van der Waals surface area contributed by atoms with Crippen molar-refractivity contribution in [3.8, 4) is 0 Å². The second-order valence-electron chi connectivity index (χ2n) is 7.73. The minimum absolute atomic E-state index is 0. The Balaban J connectivity index is 0.00000160. The predicted octanol–water partition coefficient (Wildman–Crippen LogP) is 3.57. The van der Waals surface area contributed by atoms with Crippen LogP contribution in [0.25, 0.3) is 0 Å². The molecule has 2 aromatic rings. The first-order valence-corrected chi connectivity index (χ1v) is 11.0. The smallest absolute Gasteiger partial charge is 0.349 e. The summed E-state index contributed by atoms with van der Waals surface area (Å²) in [5, 5.41) is 7.25. The van der Waals surface area contributed by atoms with E-state index in [2.05, 4.69) is 10.6 Å². The summed E-state index contributed by atoms with van der Waals surface area (Å²) in [5.74, 6) is 0.522. The van der Waals surface area contributed by atoms with Gasteiger partial charge >= 0.3 is 5.63 Å². The van der Waals surface area contributed by atoms with Crippen LogP contribution in [0.15, 0.2) is 15.3 Å². The summed E-state index contributed by atoms with van der Waals surface area (Å²) in [6, 6.07) is 1.85. The van der Waals surface area contributed by atoms with E-state index in [1.165, 1.54) is 23.4 Å². The maximum atomic E-state index is 12.6. The van der Waals surface area contributed by atoms with E-state index >= 15 is 0 Å². The Labute approximate surface area is 193 Å². The third-order valence-corrected chi connectivity index (χ3v) is 6.83. The number of hydrogen-bond acceptors (Lipinski definition) is 6. The number of aryl methyl sites for hydroxylation is 3. The molecule has 0 aromatic carbocycles. The van der Waals surface area contributed by atoms with Crippen molar-refractivity contribution in [1.82, 2.24) is 15.6 Å². The molecule has 1 fully saturated rings. The van der Waals surface area contributed by atoms with Crippen molar-refractivity contribution in [2.45, 2.75) is 57.8 Å². The molecule has 0 bridgehead atoms. The van der Waals surface area contributed by atoms with Gasteiger partial charge in [0.15, 0.2) is 0 Å². The summed E-state index contributed by atoms with van der Waals surface area (Å²) >= 11 is 1.76. The quantitative estimate of drug-likeness (QED) is 0.693. The molecule has 30 heavy (non-hydrogen) atoms. The van der Waals surface area contributed by atoms with Crippen LogP contribution in [-0.4, -0.2) is 30.5 Å². The Hall–Kier alpha value is -1.41. The molecule has 1 aliphatic carbocycles. The van der Waals surface area contributed by atoms with Gasteiger partial charge in [0.2, 0.25) is 0 Å². The van der Waals surface area contributed by atoms with Crippen molar-refractivity contribution >= 4 is 42.1 Å². The molecular weight excluding hydrogens is 445 g/mol. The summed E-state index contributed by atoms with van der Waals surface area (Å²) in [5.41, 5.74) is 1.50. The van der Waals surface area contributed by atoms with Gasteiger partial charge in [-0.3, -0.25) is 4.79 Å². The number of piperidine rings is 1. The molecule has 2 aromatic heterocycles. The highest BCUT2D eigenvalue weighted by molar-refractivity contribution is 7.11. The van der Waals surface area contributed by atoms with Crippen LogP contribution < -0.4 is 16.3 Å². The van der Waals surface area contributed by atoms with Crippen molar-refractivity contribution in [3.05, 3.63) is 49.0 Å². The lowest BCUT2D eigenvalue weighted by molar-refractivity contribution is 0.0949. The first-order valence-electron chi connectivity index (χ1n) is 10.2. The molecule has 3 heterocycles. The topological polar surface area (TPSA) is 84.2 Å². The van der Waals surface area contributed by atoms with Crippen LogP contribution in [0.3, 0.4) is 0 Å². The molecule has 1 unspecified atom stereocenters. The van der Waals surface area contributed by atoms with Crippen LogP contribution in [0, 0.1) is 6.92 Å². The van der Waals surface area contributed by atoms with Gasteiger partial charge in [-0.05, 0) is 63.6 Å². The lowest BCUT2D eigenvalue weighted by Crippen LogP contribution is -2.32. The van der Waals surface area contributed by atoms with Gasteiger partial charge in [0.05, 0.1) is 10.7 Å². The van der Waals surface area contributed by atoms with Crippen LogP contribution in [0.5, 0.6) is 0 Å². The zero-order valence-corrected chi connectivity index (χ0v) is 19.6. The zero-order chi connectivity index (χ0) is 19.5. The number of fused-ring (bicyclic) bond motifs is 1. The molecule has 2 N–H and O–H groups in total. The van der Waals surface area contributed by atoms with Crippen LogP contribution in [-0.2, 0) is 19.3 Å². The van der Waals surface area contributed by atoms with Crippen molar-refractivity contribution in [2.75, 3.05) is 19.6 Å². The van der Waals surface area contributed by atoms with Crippen molar-refractivity contribution in [1.29, 1.82) is 0 Å². The van der Waals surface area contributed by atoms with Gasteiger partial charge in [-0.25, -0.2) is 9.78 Å². The molecule has 0 radical (unpaired) electrons. The largest absolute Gasteiger partial charge is 0.427 e. The van der Waals surface area contributed by atoms with Crippen molar-refractivity contribution in [2.24, 2.45) is 0 Å². The number of halogens is 2. The van der Waals surface area contributed by atoms with Crippen molar-refractivity contribution < 1.29 is 9.21 Å². The number of nitrogens with one attached hydrogen (secondary N) is 2. The molecule has 1 amide bonds. The van der Waals surface area contributed by atoms with Gasteiger partial charge in [0, 0.05) is 30.3 Å². The molecule has 4 rings (SSSR count). The van der Waals surface area contributed by atoms with E-state index in [0.717, 1.165) is 43.8 Å². The molecule has 0 spiro atoms. The van der Waals surface area contributed by atoms with E-state index in [-0.39, 0.29) is 42.2 Å². The Morgan fingerprint density at radius 3 is 2.80 bits per heavy atom. The second kappa shape index (κ2) is 11.3. The summed E-state index contributed by atoms with van der Waals surface area (Å²) in [4.78, 5) is 31.1. The molecule has 1 aliphatic heterocycles. The number of rotatable bonds is 5. The Morgan fingerprint density at radius 2 is 2.10 bits per heavy atom. The summed E-state index contributed by atoms with van der Waals surface area (Å²) in [6.07, 6.45) is 7.42. The number of hydrogen-bond donors (Lipinski definition) is 2. The number of carbonyl (C=O) groups excluding carboxylic acids is 1. The lowest BCUT2D eigenvalue weighted by atomic mass is 9.95. The van der Waals surface area contributed by atoms with Gasteiger partial charge < -0.3 is 15.1 Å². The molecule has 6 nitrogen and oxygen atoms in total. The average molecular weight is 474 g/mol. The predicted molar refractivity (Wildman–Crippen MR) is 124 cm³/mol. The maximum Gasteiger partial charge on any atom is 0.349 e. The fourth-order valence-corrected chi connectivity index (χ4v) is 5.24. The fraction of sp³-hybridized carbons (Fsp3) is 0.571. The van der Waals surface area contributed by atoms with E-state index < -0.39 is 5.63 Å². The van der Waals surface area contributed by atoms with E-state index in [9.17, 15) is 9.59 Å². The van der Waals surface area contributed by atoms with Gasteiger partial charge in [-0.15, -0.1) is 36.2 Å². The average Bonchev–Trinajstić information content (AvgIpc) is 3.11. The molecular formula is C21H29Cl2N3O3S. The summed E-state index contributed by atoms with van der Waals surface area (Å²) < 4.78 is 5.50. The standard InChI is InChI=1S/C21H27N3O3S.2ClH/c1-13-11-16(14-5-4-9-22-12-14)27-21(26)19(13)20(25)23-10-8-18-24-15-6-2-3-7-17(15)28-18;;/h11,14,22H,2-10,12H2,1H3,(H,23,25);2*1H. The fourth-order valence-electron chi connectivity index (χ4n) is 4.09.